The van der Waals surface area contributed by atoms with E-state index in [4.69, 9.17) is 19.2 Å². The van der Waals surface area contributed by atoms with Gasteiger partial charge < -0.3 is 14.8 Å². The van der Waals surface area contributed by atoms with Crippen LogP contribution in [0.2, 0.25) is 25.7 Å². The Morgan fingerprint density at radius 2 is 1.87 bits per heavy atom. The molecular formula is C24H43NO5Si. The van der Waals surface area contributed by atoms with Crippen molar-refractivity contribution in [3.8, 4) is 0 Å². The summed E-state index contributed by atoms with van der Waals surface area (Å²) in [7, 11) is -1.04. The average molecular weight is 454 g/mol. The minimum absolute atomic E-state index is 0.00830. The van der Waals surface area contributed by atoms with E-state index in [1.54, 1.807) is 0 Å². The number of rotatable bonds is 7. The summed E-state index contributed by atoms with van der Waals surface area (Å²) >= 11 is 0. The smallest absolute Gasteiger partial charge is 0.220 e. The topological polar surface area (TPSA) is 66.0 Å². The third-order valence-corrected chi connectivity index (χ3v) is 10.2. The lowest BCUT2D eigenvalue weighted by molar-refractivity contribution is -0.571. The molecule has 4 aliphatic heterocycles. The first-order chi connectivity index (χ1) is 14.5. The lowest BCUT2D eigenvalue weighted by atomic mass is 9.57. The van der Waals surface area contributed by atoms with Crippen LogP contribution in [0.25, 0.3) is 0 Å². The van der Waals surface area contributed by atoms with Crippen molar-refractivity contribution in [1.29, 1.82) is 0 Å². The Morgan fingerprint density at radius 1 is 1.10 bits per heavy atom. The lowest BCUT2D eigenvalue weighted by Gasteiger charge is -2.60. The molecule has 178 valence electrons. The molecule has 5 aliphatic rings. The van der Waals surface area contributed by atoms with E-state index < -0.39 is 25.8 Å². The van der Waals surface area contributed by atoms with Crippen molar-refractivity contribution in [3.63, 3.8) is 0 Å². The van der Waals surface area contributed by atoms with Crippen LogP contribution in [0.1, 0.15) is 65.7 Å². The van der Waals surface area contributed by atoms with Crippen LogP contribution >= 0.6 is 0 Å². The maximum Gasteiger partial charge on any atom is 0.220 e. The fourth-order valence-electron chi connectivity index (χ4n) is 6.52. The molecule has 6 nitrogen and oxygen atoms in total. The minimum Gasteiger partial charge on any atom is -0.356 e. The Kier molecular flexibility index (Phi) is 6.65. The highest BCUT2D eigenvalue weighted by Gasteiger charge is 2.69. The number of nitrogens with one attached hydrogen (secondary N) is 1. The zero-order chi connectivity index (χ0) is 22.4. The number of carbonyl (C=O) groups excluding carboxylic acids is 1. The van der Waals surface area contributed by atoms with Gasteiger partial charge in [0.1, 0.15) is 0 Å². The molecule has 0 aromatic heterocycles. The van der Waals surface area contributed by atoms with Crippen molar-refractivity contribution in [2.45, 2.75) is 115 Å². The second-order valence-electron chi connectivity index (χ2n) is 12.0. The van der Waals surface area contributed by atoms with Crippen LogP contribution in [0, 0.1) is 23.7 Å². The van der Waals surface area contributed by atoms with Crippen molar-refractivity contribution in [2.24, 2.45) is 23.7 Å². The van der Waals surface area contributed by atoms with Gasteiger partial charge in [-0.25, -0.2) is 9.78 Å². The van der Waals surface area contributed by atoms with Crippen molar-refractivity contribution in [2.75, 3.05) is 6.54 Å². The highest BCUT2D eigenvalue weighted by Crippen LogP contribution is 2.60. The van der Waals surface area contributed by atoms with E-state index >= 15 is 0 Å². The highest BCUT2D eigenvalue weighted by molar-refractivity contribution is 6.76. The van der Waals surface area contributed by atoms with Crippen LogP contribution in [0.5, 0.6) is 0 Å². The summed E-state index contributed by atoms with van der Waals surface area (Å²) in [5, 5.41) is 3.11. The second kappa shape index (κ2) is 8.71. The summed E-state index contributed by atoms with van der Waals surface area (Å²) in [5.74, 6) is 0.993. The molecule has 8 atom stereocenters. The number of ether oxygens (including phenoxy) is 2. The zero-order valence-electron chi connectivity index (χ0n) is 20.4. The number of carbonyl (C=O) groups is 1. The molecule has 1 N–H and O–H groups in total. The molecule has 2 bridgehead atoms. The van der Waals surface area contributed by atoms with E-state index in [1.807, 2.05) is 6.92 Å². The van der Waals surface area contributed by atoms with Gasteiger partial charge in [0.05, 0.1) is 6.10 Å². The molecular weight excluding hydrogens is 410 g/mol. The third-order valence-electron chi connectivity index (χ3n) is 8.38. The third kappa shape index (κ3) is 4.63. The van der Waals surface area contributed by atoms with Gasteiger partial charge in [-0.15, -0.1) is 0 Å². The molecule has 1 amide bonds. The molecule has 5 rings (SSSR count). The van der Waals surface area contributed by atoms with Gasteiger partial charge in [0, 0.05) is 33.4 Å². The monoisotopic (exact) mass is 453 g/mol. The Morgan fingerprint density at radius 3 is 2.61 bits per heavy atom. The van der Waals surface area contributed by atoms with E-state index in [0.29, 0.717) is 30.1 Å². The Hall–Kier alpha value is -0.473. The van der Waals surface area contributed by atoms with Crippen molar-refractivity contribution >= 4 is 14.0 Å². The molecule has 0 aromatic carbocycles. The van der Waals surface area contributed by atoms with Crippen molar-refractivity contribution < 1.29 is 24.0 Å². The van der Waals surface area contributed by atoms with E-state index in [2.05, 4.69) is 38.8 Å². The van der Waals surface area contributed by atoms with Gasteiger partial charge in [-0.3, -0.25) is 4.79 Å². The van der Waals surface area contributed by atoms with Crippen molar-refractivity contribution in [1.82, 2.24) is 5.32 Å². The molecule has 0 unspecified atom stereocenters. The highest BCUT2D eigenvalue weighted by atomic mass is 28.3. The number of hydrogen-bond acceptors (Lipinski definition) is 5. The predicted molar refractivity (Wildman–Crippen MR) is 122 cm³/mol. The molecule has 4 heterocycles. The summed E-state index contributed by atoms with van der Waals surface area (Å²) in [6.45, 7) is 14.5. The van der Waals surface area contributed by atoms with E-state index in [1.165, 1.54) is 12.5 Å². The first kappa shape index (κ1) is 23.7. The van der Waals surface area contributed by atoms with Gasteiger partial charge >= 0.3 is 0 Å². The molecule has 5 fully saturated rings. The SMILES string of the molecule is C[C@H]1[C@@H](CCC(=O)NCCC[Si](C)(C)C)O[C@@H]2O[C@]3(C)CC[C@H]4[C@H](C)CC[C@@H]1[C@@]24OO3. The van der Waals surface area contributed by atoms with Crippen LogP contribution in [0.3, 0.4) is 0 Å². The van der Waals surface area contributed by atoms with E-state index in [0.717, 1.165) is 38.6 Å². The fourth-order valence-corrected chi connectivity index (χ4v) is 7.75. The lowest BCUT2D eigenvalue weighted by Crippen LogP contribution is -2.70. The molecule has 1 aliphatic carbocycles. The summed E-state index contributed by atoms with van der Waals surface area (Å²) < 4.78 is 13.0. The van der Waals surface area contributed by atoms with Gasteiger partial charge in [-0.1, -0.05) is 39.5 Å². The molecule has 31 heavy (non-hydrogen) atoms. The van der Waals surface area contributed by atoms with Crippen LogP contribution < -0.4 is 5.32 Å². The molecule has 1 saturated carbocycles. The number of fused-ring (bicyclic) bond motifs is 2. The molecule has 7 heteroatoms. The Balaban J connectivity index is 1.38. The quantitative estimate of drug-likeness (QED) is 0.339. The van der Waals surface area contributed by atoms with Gasteiger partial charge in [-0.2, -0.15) is 0 Å². The first-order valence-electron chi connectivity index (χ1n) is 12.5. The normalized spacial score (nSPS) is 44.5. The van der Waals surface area contributed by atoms with Gasteiger partial charge in [-0.05, 0) is 56.8 Å². The standard InChI is InChI=1S/C24H43NO5Si/c1-16-8-9-19-17(2)20(10-11-21(26)25-14-7-15-31(4,5)6)27-22-24(19)18(16)12-13-23(3,28-22)29-30-24/h16-20,22H,7-15H2,1-6H3,(H,25,26)/t16-,17-,18+,19+,20-,22-,23+,24-/m1/s1. The maximum absolute atomic E-state index is 12.5. The predicted octanol–water partition coefficient (Wildman–Crippen LogP) is 4.86. The Labute approximate surface area is 189 Å². The summed E-state index contributed by atoms with van der Waals surface area (Å²) in [5.41, 5.74) is -0.511. The fraction of sp³-hybridized carbons (Fsp3) is 0.958. The molecule has 1 spiro atoms. The van der Waals surface area contributed by atoms with Gasteiger partial charge in [0.2, 0.25) is 11.7 Å². The molecule has 0 aromatic rings. The van der Waals surface area contributed by atoms with E-state index in [-0.39, 0.29) is 12.0 Å². The van der Waals surface area contributed by atoms with Crippen molar-refractivity contribution in [3.05, 3.63) is 0 Å². The second-order valence-corrected chi connectivity index (χ2v) is 17.6. The van der Waals surface area contributed by atoms with Gasteiger partial charge in [0.25, 0.3) is 0 Å². The summed E-state index contributed by atoms with van der Waals surface area (Å²) in [4.78, 5) is 24.5. The molecule has 0 radical (unpaired) electrons. The number of hydrogen-bond donors (Lipinski definition) is 1. The van der Waals surface area contributed by atoms with Crippen LogP contribution in [0.15, 0.2) is 0 Å². The summed E-state index contributed by atoms with van der Waals surface area (Å²) in [6.07, 6.45) is 6.09. The van der Waals surface area contributed by atoms with Crippen LogP contribution in [-0.4, -0.2) is 44.3 Å². The summed E-state index contributed by atoms with van der Waals surface area (Å²) in [6, 6.07) is 1.25. The minimum atomic E-state index is -1.04. The number of amides is 1. The van der Waals surface area contributed by atoms with Crippen LogP contribution in [-0.2, 0) is 24.0 Å². The van der Waals surface area contributed by atoms with Gasteiger partial charge in [0.15, 0.2) is 11.9 Å². The molecule has 4 saturated heterocycles. The van der Waals surface area contributed by atoms with E-state index in [9.17, 15) is 4.79 Å². The first-order valence-corrected chi connectivity index (χ1v) is 16.2. The maximum atomic E-state index is 12.5. The Bertz CT molecular complexity index is 669. The van der Waals surface area contributed by atoms with Crippen LogP contribution in [0.4, 0.5) is 0 Å². The zero-order valence-corrected chi connectivity index (χ0v) is 21.4. The largest absolute Gasteiger partial charge is 0.356 e. The average Bonchev–Trinajstić information content (AvgIpc) is 2.92.